The quantitative estimate of drug-likeness (QED) is 0.876. The van der Waals surface area contributed by atoms with Crippen LogP contribution in [0.25, 0.3) is 0 Å². The number of para-hydroxylation sites is 1. The molecule has 0 unspecified atom stereocenters. The molecule has 2 rings (SSSR count). The fourth-order valence-electron chi connectivity index (χ4n) is 2.75. The molecule has 1 aromatic carbocycles. The van der Waals surface area contributed by atoms with Gasteiger partial charge in [-0.15, -0.1) is 0 Å². The monoisotopic (exact) mass is 317 g/mol. The third-order valence-electron chi connectivity index (χ3n) is 4.30. The number of nitrogens with one attached hydrogen (secondary N) is 2. The molecule has 5 nitrogen and oxygen atoms in total. The maximum Gasteiger partial charge on any atom is 0.321 e. The highest BCUT2D eigenvalue weighted by atomic mass is 16.2. The normalized spacial score (nSPS) is 15.5. The highest BCUT2D eigenvalue weighted by Crippen LogP contribution is 2.20. The van der Waals surface area contributed by atoms with Crippen LogP contribution in [0.4, 0.5) is 10.5 Å². The smallest absolute Gasteiger partial charge is 0.321 e. The largest absolute Gasteiger partial charge is 0.356 e. The minimum atomic E-state index is -0.0252. The molecule has 0 saturated carbocycles. The predicted octanol–water partition coefficient (Wildman–Crippen LogP) is 3.09. The molecule has 23 heavy (non-hydrogen) atoms. The van der Waals surface area contributed by atoms with E-state index < -0.39 is 0 Å². The molecule has 1 aromatic rings. The van der Waals surface area contributed by atoms with Crippen molar-refractivity contribution in [2.75, 3.05) is 25.0 Å². The van der Waals surface area contributed by atoms with E-state index >= 15 is 0 Å². The Morgan fingerprint density at radius 1 is 1.17 bits per heavy atom. The highest BCUT2D eigenvalue weighted by molar-refractivity contribution is 5.89. The number of benzene rings is 1. The third kappa shape index (κ3) is 5.58. The van der Waals surface area contributed by atoms with Crippen LogP contribution in [0.2, 0.25) is 0 Å². The molecular weight excluding hydrogens is 290 g/mol. The molecule has 5 heteroatoms. The van der Waals surface area contributed by atoms with Crippen molar-refractivity contribution in [1.82, 2.24) is 10.2 Å². The minimum absolute atomic E-state index is 0.0252. The number of carbonyl (C=O) groups is 2. The Morgan fingerprint density at radius 2 is 1.83 bits per heavy atom. The van der Waals surface area contributed by atoms with Crippen molar-refractivity contribution in [3.8, 4) is 0 Å². The maximum atomic E-state index is 12.2. The lowest BCUT2D eigenvalue weighted by molar-refractivity contribution is -0.124. The molecule has 0 spiro atoms. The Kier molecular flexibility index (Phi) is 6.44. The van der Waals surface area contributed by atoms with E-state index in [1.165, 1.54) is 0 Å². The van der Waals surface area contributed by atoms with Gasteiger partial charge in [-0.3, -0.25) is 4.79 Å². The molecule has 3 amide bonds. The minimum Gasteiger partial charge on any atom is -0.356 e. The Balaban J connectivity index is 1.67. The number of piperidine rings is 1. The van der Waals surface area contributed by atoms with Crippen LogP contribution in [0.15, 0.2) is 30.3 Å². The number of anilines is 1. The van der Waals surface area contributed by atoms with Gasteiger partial charge in [-0.05, 0) is 37.3 Å². The molecule has 126 valence electrons. The summed E-state index contributed by atoms with van der Waals surface area (Å²) in [7, 11) is 0. The van der Waals surface area contributed by atoms with Gasteiger partial charge in [0.2, 0.25) is 5.91 Å². The molecule has 0 aromatic heterocycles. The first-order valence-electron chi connectivity index (χ1n) is 8.45. The van der Waals surface area contributed by atoms with Crippen molar-refractivity contribution in [3.63, 3.8) is 0 Å². The summed E-state index contributed by atoms with van der Waals surface area (Å²) in [5.74, 6) is 0.742. The molecular formula is C18H27N3O2. The second kappa shape index (κ2) is 8.56. The zero-order valence-corrected chi connectivity index (χ0v) is 14.0. The van der Waals surface area contributed by atoms with E-state index in [9.17, 15) is 9.59 Å². The van der Waals surface area contributed by atoms with Crippen LogP contribution in [-0.4, -0.2) is 36.5 Å². The summed E-state index contributed by atoms with van der Waals surface area (Å²) in [5, 5.41) is 5.89. The second-order valence-electron chi connectivity index (χ2n) is 6.46. The standard InChI is InChI=1S/C18H27N3O2/c1-14(2)17(22)19-11-8-15-9-12-21(13-10-15)18(23)20-16-6-4-3-5-7-16/h3-7,14-15H,8-13H2,1-2H3,(H,19,22)(H,20,23). The van der Waals surface area contributed by atoms with E-state index in [1.54, 1.807) is 0 Å². The fraction of sp³-hybridized carbons (Fsp3) is 0.556. The summed E-state index contributed by atoms with van der Waals surface area (Å²) in [4.78, 5) is 25.6. The number of amides is 3. The van der Waals surface area contributed by atoms with Crippen LogP contribution in [0.1, 0.15) is 33.1 Å². The Labute approximate surface area is 138 Å². The highest BCUT2D eigenvalue weighted by Gasteiger charge is 2.22. The van der Waals surface area contributed by atoms with E-state index in [4.69, 9.17) is 0 Å². The lowest BCUT2D eigenvalue weighted by Gasteiger charge is -2.32. The molecule has 1 saturated heterocycles. The van der Waals surface area contributed by atoms with Crippen molar-refractivity contribution >= 4 is 17.6 Å². The lowest BCUT2D eigenvalue weighted by atomic mass is 9.93. The molecule has 1 aliphatic rings. The molecule has 1 heterocycles. The summed E-state index contributed by atoms with van der Waals surface area (Å²) >= 11 is 0. The zero-order chi connectivity index (χ0) is 16.7. The molecule has 1 aliphatic heterocycles. The summed E-state index contributed by atoms with van der Waals surface area (Å²) in [6.07, 6.45) is 2.99. The van der Waals surface area contributed by atoms with Gasteiger partial charge in [-0.25, -0.2) is 4.79 Å². The molecule has 0 radical (unpaired) electrons. The van der Waals surface area contributed by atoms with Crippen LogP contribution >= 0.6 is 0 Å². The molecule has 0 aliphatic carbocycles. The van der Waals surface area contributed by atoms with E-state index in [2.05, 4.69) is 10.6 Å². The van der Waals surface area contributed by atoms with E-state index in [-0.39, 0.29) is 17.9 Å². The maximum absolute atomic E-state index is 12.2. The van der Waals surface area contributed by atoms with Gasteiger partial charge in [0.1, 0.15) is 0 Å². The summed E-state index contributed by atoms with van der Waals surface area (Å²) in [6, 6.07) is 9.51. The number of nitrogens with zero attached hydrogens (tertiary/aromatic N) is 1. The lowest BCUT2D eigenvalue weighted by Crippen LogP contribution is -2.41. The number of hydrogen-bond acceptors (Lipinski definition) is 2. The van der Waals surface area contributed by atoms with E-state index in [0.717, 1.165) is 44.6 Å². The first-order chi connectivity index (χ1) is 11.1. The van der Waals surface area contributed by atoms with Gasteiger partial charge < -0.3 is 15.5 Å². The van der Waals surface area contributed by atoms with Crippen molar-refractivity contribution in [1.29, 1.82) is 0 Å². The van der Waals surface area contributed by atoms with Crippen LogP contribution < -0.4 is 10.6 Å². The van der Waals surface area contributed by atoms with Gasteiger partial charge in [-0.1, -0.05) is 32.0 Å². The molecule has 2 N–H and O–H groups in total. The van der Waals surface area contributed by atoms with Crippen LogP contribution in [0, 0.1) is 11.8 Å². The first kappa shape index (κ1) is 17.3. The van der Waals surface area contributed by atoms with Gasteiger partial charge in [0.15, 0.2) is 0 Å². The van der Waals surface area contributed by atoms with Gasteiger partial charge in [0, 0.05) is 31.2 Å². The van der Waals surface area contributed by atoms with Gasteiger partial charge in [0.05, 0.1) is 0 Å². The molecule has 0 atom stereocenters. The van der Waals surface area contributed by atoms with Crippen molar-refractivity contribution < 1.29 is 9.59 Å². The van der Waals surface area contributed by atoms with Crippen molar-refractivity contribution in [2.24, 2.45) is 11.8 Å². The average molecular weight is 317 g/mol. The number of likely N-dealkylation sites (tertiary alicyclic amines) is 1. The first-order valence-corrected chi connectivity index (χ1v) is 8.45. The van der Waals surface area contributed by atoms with Crippen LogP contribution in [0.3, 0.4) is 0 Å². The van der Waals surface area contributed by atoms with Crippen molar-refractivity contribution in [3.05, 3.63) is 30.3 Å². The fourth-order valence-corrected chi connectivity index (χ4v) is 2.75. The average Bonchev–Trinajstić information content (AvgIpc) is 2.56. The Morgan fingerprint density at radius 3 is 2.43 bits per heavy atom. The number of rotatable bonds is 5. The van der Waals surface area contributed by atoms with Crippen LogP contribution in [-0.2, 0) is 4.79 Å². The number of hydrogen-bond donors (Lipinski definition) is 2. The number of urea groups is 1. The van der Waals surface area contributed by atoms with Crippen molar-refractivity contribution in [2.45, 2.75) is 33.1 Å². The topological polar surface area (TPSA) is 61.4 Å². The SMILES string of the molecule is CC(C)C(=O)NCCC1CCN(C(=O)Nc2ccccc2)CC1. The Hall–Kier alpha value is -2.04. The second-order valence-corrected chi connectivity index (χ2v) is 6.46. The summed E-state index contributed by atoms with van der Waals surface area (Å²) in [6.45, 7) is 6.10. The summed E-state index contributed by atoms with van der Waals surface area (Å²) in [5.41, 5.74) is 0.830. The number of carbonyl (C=O) groups excluding carboxylic acids is 2. The predicted molar refractivity (Wildman–Crippen MR) is 92.2 cm³/mol. The van der Waals surface area contributed by atoms with E-state index in [0.29, 0.717) is 5.92 Å². The van der Waals surface area contributed by atoms with Gasteiger partial charge in [0.25, 0.3) is 0 Å². The van der Waals surface area contributed by atoms with Gasteiger partial charge >= 0.3 is 6.03 Å². The molecule has 1 fully saturated rings. The molecule has 0 bridgehead atoms. The third-order valence-corrected chi connectivity index (χ3v) is 4.30. The van der Waals surface area contributed by atoms with Crippen LogP contribution in [0.5, 0.6) is 0 Å². The summed E-state index contributed by atoms with van der Waals surface area (Å²) < 4.78 is 0. The van der Waals surface area contributed by atoms with E-state index in [1.807, 2.05) is 49.1 Å². The Bertz CT molecular complexity index is 508. The zero-order valence-electron chi connectivity index (χ0n) is 14.0. The van der Waals surface area contributed by atoms with Gasteiger partial charge in [-0.2, -0.15) is 0 Å².